The zero-order valence-electron chi connectivity index (χ0n) is 10.9. The Kier molecular flexibility index (Phi) is 3.27. The minimum atomic E-state index is 0.162. The van der Waals surface area contributed by atoms with Crippen LogP contribution in [0.4, 0.5) is 0 Å². The van der Waals surface area contributed by atoms with E-state index in [9.17, 15) is 5.21 Å². The lowest BCUT2D eigenvalue weighted by Crippen LogP contribution is -2.42. The molecule has 1 heterocycles. The van der Waals surface area contributed by atoms with E-state index in [2.05, 4.69) is 12.1 Å². The van der Waals surface area contributed by atoms with Crippen LogP contribution < -0.4 is 4.74 Å². The number of hydrogen-bond acceptors (Lipinski definition) is 3. The van der Waals surface area contributed by atoms with Crippen LogP contribution in [0.2, 0.25) is 0 Å². The standard InChI is InChI=1S/C15H21NO2/c1-18-13-8-5-12(6-9-13)15-10-7-11-3-2-4-14(11)16(15)17/h5-6,8-9,11,14-15,17H,2-4,7,10H2,1H3/t11-,14-,15-/m1/s1. The van der Waals surface area contributed by atoms with E-state index < -0.39 is 0 Å². The normalized spacial score (nSPS) is 32.2. The van der Waals surface area contributed by atoms with Crippen LogP contribution in [0.15, 0.2) is 24.3 Å². The summed E-state index contributed by atoms with van der Waals surface area (Å²) < 4.78 is 5.18. The van der Waals surface area contributed by atoms with Crippen LogP contribution in [0.25, 0.3) is 0 Å². The van der Waals surface area contributed by atoms with Crippen molar-refractivity contribution in [1.29, 1.82) is 0 Å². The Morgan fingerprint density at radius 2 is 1.89 bits per heavy atom. The molecule has 0 bridgehead atoms. The highest BCUT2D eigenvalue weighted by atomic mass is 16.5. The van der Waals surface area contributed by atoms with Gasteiger partial charge in [-0.1, -0.05) is 18.6 Å². The number of methoxy groups -OCH3 is 1. The third-order valence-electron chi connectivity index (χ3n) is 4.59. The maximum Gasteiger partial charge on any atom is 0.118 e. The quantitative estimate of drug-likeness (QED) is 0.869. The Hall–Kier alpha value is -1.06. The predicted molar refractivity (Wildman–Crippen MR) is 69.7 cm³/mol. The molecular formula is C15H21NO2. The molecule has 0 amide bonds. The largest absolute Gasteiger partial charge is 0.497 e. The zero-order valence-corrected chi connectivity index (χ0v) is 10.9. The van der Waals surface area contributed by atoms with Gasteiger partial charge in [-0.25, -0.2) is 0 Å². The second-order valence-corrected chi connectivity index (χ2v) is 5.50. The number of piperidine rings is 1. The summed E-state index contributed by atoms with van der Waals surface area (Å²) in [5.74, 6) is 1.59. The van der Waals surface area contributed by atoms with E-state index >= 15 is 0 Å². The van der Waals surface area contributed by atoms with Gasteiger partial charge in [-0.2, -0.15) is 5.06 Å². The Labute approximate surface area is 108 Å². The molecule has 98 valence electrons. The minimum absolute atomic E-state index is 0.162. The Bertz CT molecular complexity index is 403. The molecule has 1 aliphatic carbocycles. The van der Waals surface area contributed by atoms with Crippen molar-refractivity contribution in [1.82, 2.24) is 5.06 Å². The summed E-state index contributed by atoms with van der Waals surface area (Å²) in [4.78, 5) is 0. The number of nitrogens with zero attached hydrogens (tertiary/aromatic N) is 1. The third-order valence-corrected chi connectivity index (χ3v) is 4.59. The minimum Gasteiger partial charge on any atom is -0.497 e. The molecular weight excluding hydrogens is 226 g/mol. The molecule has 3 nitrogen and oxygen atoms in total. The maximum atomic E-state index is 10.4. The van der Waals surface area contributed by atoms with Gasteiger partial charge in [0.2, 0.25) is 0 Å². The van der Waals surface area contributed by atoms with Crippen LogP contribution in [0, 0.1) is 5.92 Å². The molecule has 3 rings (SSSR count). The molecule has 0 aromatic heterocycles. The Morgan fingerprint density at radius 1 is 1.11 bits per heavy atom. The van der Waals surface area contributed by atoms with Gasteiger partial charge in [0.1, 0.15) is 5.75 Å². The molecule has 1 saturated heterocycles. The van der Waals surface area contributed by atoms with Crippen LogP contribution in [-0.4, -0.2) is 23.4 Å². The lowest BCUT2D eigenvalue weighted by molar-refractivity contribution is -0.189. The summed E-state index contributed by atoms with van der Waals surface area (Å²) >= 11 is 0. The average molecular weight is 247 g/mol. The molecule has 3 atom stereocenters. The molecule has 1 aliphatic heterocycles. The highest BCUT2D eigenvalue weighted by Gasteiger charge is 2.39. The first-order valence-corrected chi connectivity index (χ1v) is 6.91. The van der Waals surface area contributed by atoms with Gasteiger partial charge in [0.25, 0.3) is 0 Å². The Balaban J connectivity index is 1.78. The van der Waals surface area contributed by atoms with Gasteiger partial charge in [0, 0.05) is 6.04 Å². The SMILES string of the molecule is COc1ccc([C@H]2CC[C@H]3CCC[C@H]3N2O)cc1. The van der Waals surface area contributed by atoms with Gasteiger partial charge in [-0.05, 0) is 49.3 Å². The van der Waals surface area contributed by atoms with Crippen LogP contribution >= 0.6 is 0 Å². The highest BCUT2D eigenvalue weighted by Crippen LogP contribution is 2.43. The van der Waals surface area contributed by atoms with Crippen molar-refractivity contribution in [3.8, 4) is 5.75 Å². The maximum absolute atomic E-state index is 10.4. The van der Waals surface area contributed by atoms with Crippen molar-refractivity contribution in [2.24, 2.45) is 5.92 Å². The number of rotatable bonds is 2. The van der Waals surface area contributed by atoms with Crippen molar-refractivity contribution < 1.29 is 9.94 Å². The van der Waals surface area contributed by atoms with Crippen LogP contribution in [0.1, 0.15) is 43.7 Å². The summed E-state index contributed by atoms with van der Waals surface area (Å²) in [6.07, 6.45) is 6.01. The van der Waals surface area contributed by atoms with Gasteiger partial charge >= 0.3 is 0 Å². The fourth-order valence-corrected chi connectivity index (χ4v) is 3.58. The zero-order chi connectivity index (χ0) is 12.5. The van der Waals surface area contributed by atoms with E-state index in [1.165, 1.54) is 24.8 Å². The smallest absolute Gasteiger partial charge is 0.118 e. The summed E-state index contributed by atoms with van der Waals surface area (Å²) in [7, 11) is 1.68. The number of ether oxygens (including phenoxy) is 1. The lowest BCUT2D eigenvalue weighted by Gasteiger charge is -2.39. The van der Waals surface area contributed by atoms with Gasteiger partial charge in [0.05, 0.1) is 13.2 Å². The summed E-state index contributed by atoms with van der Waals surface area (Å²) in [6.45, 7) is 0. The van der Waals surface area contributed by atoms with E-state index in [-0.39, 0.29) is 6.04 Å². The Morgan fingerprint density at radius 3 is 2.61 bits per heavy atom. The van der Waals surface area contributed by atoms with E-state index in [4.69, 9.17) is 4.74 Å². The van der Waals surface area contributed by atoms with E-state index in [1.807, 2.05) is 12.1 Å². The van der Waals surface area contributed by atoms with Crippen molar-refractivity contribution >= 4 is 0 Å². The van der Waals surface area contributed by atoms with Crippen LogP contribution in [0.3, 0.4) is 0 Å². The van der Waals surface area contributed by atoms with Crippen molar-refractivity contribution in [3.05, 3.63) is 29.8 Å². The van der Waals surface area contributed by atoms with Gasteiger partial charge in [0.15, 0.2) is 0 Å². The summed E-state index contributed by atoms with van der Waals surface area (Å²) in [5.41, 5.74) is 1.20. The summed E-state index contributed by atoms with van der Waals surface area (Å²) in [5, 5.41) is 12.0. The molecule has 3 heteroatoms. The van der Waals surface area contributed by atoms with E-state index in [1.54, 1.807) is 12.2 Å². The molecule has 1 saturated carbocycles. The lowest BCUT2D eigenvalue weighted by atomic mass is 9.86. The van der Waals surface area contributed by atoms with E-state index in [0.717, 1.165) is 18.6 Å². The molecule has 1 N–H and O–H groups in total. The van der Waals surface area contributed by atoms with Crippen LogP contribution in [-0.2, 0) is 0 Å². The summed E-state index contributed by atoms with van der Waals surface area (Å²) in [6, 6.07) is 8.64. The molecule has 1 aromatic carbocycles. The van der Waals surface area contributed by atoms with Gasteiger partial charge in [-0.15, -0.1) is 0 Å². The topological polar surface area (TPSA) is 32.7 Å². The molecule has 0 spiro atoms. The molecule has 1 aromatic rings. The number of hydrogen-bond donors (Lipinski definition) is 1. The van der Waals surface area contributed by atoms with Crippen LogP contribution in [0.5, 0.6) is 5.75 Å². The average Bonchev–Trinajstić information content (AvgIpc) is 2.89. The fraction of sp³-hybridized carbons (Fsp3) is 0.600. The first kappa shape index (κ1) is 12.0. The number of hydroxylamine groups is 2. The molecule has 0 radical (unpaired) electrons. The first-order chi connectivity index (χ1) is 8.79. The predicted octanol–water partition coefficient (Wildman–Crippen LogP) is 3.39. The second kappa shape index (κ2) is 4.90. The highest BCUT2D eigenvalue weighted by molar-refractivity contribution is 5.29. The van der Waals surface area contributed by atoms with Gasteiger partial charge in [-0.3, -0.25) is 0 Å². The van der Waals surface area contributed by atoms with Crippen molar-refractivity contribution in [2.75, 3.05) is 7.11 Å². The molecule has 18 heavy (non-hydrogen) atoms. The first-order valence-electron chi connectivity index (χ1n) is 6.91. The van der Waals surface area contributed by atoms with Crippen molar-refractivity contribution in [2.45, 2.75) is 44.2 Å². The van der Waals surface area contributed by atoms with Crippen molar-refractivity contribution in [3.63, 3.8) is 0 Å². The van der Waals surface area contributed by atoms with Gasteiger partial charge < -0.3 is 9.94 Å². The number of fused-ring (bicyclic) bond motifs is 1. The number of benzene rings is 1. The molecule has 2 aliphatic rings. The third kappa shape index (κ3) is 2.02. The fourth-order valence-electron chi connectivity index (χ4n) is 3.58. The monoisotopic (exact) mass is 247 g/mol. The molecule has 2 fully saturated rings. The van der Waals surface area contributed by atoms with E-state index in [0.29, 0.717) is 12.0 Å². The second-order valence-electron chi connectivity index (χ2n) is 5.50. The molecule has 0 unspecified atom stereocenters.